The highest BCUT2D eigenvalue weighted by Gasteiger charge is 2.16. The van der Waals surface area contributed by atoms with Gasteiger partial charge in [0.25, 0.3) is 0 Å². The Balaban J connectivity index is 1.68. The van der Waals surface area contributed by atoms with Crippen molar-refractivity contribution in [1.29, 1.82) is 0 Å². The number of nitrogens with zero attached hydrogens (tertiary/aromatic N) is 4. The van der Waals surface area contributed by atoms with Crippen LogP contribution in [0.2, 0.25) is 5.02 Å². The zero-order valence-electron chi connectivity index (χ0n) is 15.5. The Bertz CT molecular complexity index is 1320. The quantitative estimate of drug-likeness (QED) is 0.407. The van der Waals surface area contributed by atoms with E-state index < -0.39 is 11.5 Å². The summed E-state index contributed by atoms with van der Waals surface area (Å²) in [5.74, 6) is -1.12. The van der Waals surface area contributed by atoms with Crippen molar-refractivity contribution in [1.82, 2.24) is 14.8 Å². The number of aromatic carboxylic acids is 1. The summed E-state index contributed by atoms with van der Waals surface area (Å²) in [6.07, 6.45) is 0. The molecule has 0 fully saturated rings. The maximum absolute atomic E-state index is 12.8. The van der Waals surface area contributed by atoms with E-state index in [0.29, 0.717) is 21.5 Å². The van der Waals surface area contributed by atoms with Crippen molar-refractivity contribution in [2.24, 2.45) is 10.2 Å². The lowest BCUT2D eigenvalue weighted by molar-refractivity contribution is 0.0697. The van der Waals surface area contributed by atoms with Gasteiger partial charge in [0, 0.05) is 16.0 Å². The van der Waals surface area contributed by atoms with Crippen molar-refractivity contribution in [2.45, 2.75) is 6.92 Å². The molecule has 2 N–H and O–H groups in total. The van der Waals surface area contributed by atoms with E-state index in [9.17, 15) is 14.7 Å². The molecule has 4 rings (SSSR count). The summed E-state index contributed by atoms with van der Waals surface area (Å²) in [4.78, 5) is 28.6. The second-order valence-electron chi connectivity index (χ2n) is 6.27. The number of halogens is 1. The van der Waals surface area contributed by atoms with Gasteiger partial charge in [-0.2, -0.15) is 4.68 Å². The molecule has 0 bridgehead atoms. The van der Waals surface area contributed by atoms with E-state index >= 15 is 0 Å². The molecular weight excluding hydrogens is 426 g/mol. The Morgan fingerprint density at radius 2 is 1.90 bits per heavy atom. The first-order valence-corrected chi connectivity index (χ1v) is 9.97. The Kier molecular flexibility index (Phi) is 5.30. The number of hydrogen-bond donors (Lipinski definition) is 2. The number of H-pyrrole nitrogens is 1. The number of carboxylic acid groups (broad SMARTS) is 1. The summed E-state index contributed by atoms with van der Waals surface area (Å²) < 4.78 is 1.29. The van der Waals surface area contributed by atoms with Gasteiger partial charge in [-0.1, -0.05) is 35.9 Å². The molecular formula is C20H14ClN5O3S. The predicted octanol–water partition coefficient (Wildman–Crippen LogP) is 5.36. The number of aromatic nitrogens is 3. The first kappa shape index (κ1) is 19.7. The summed E-state index contributed by atoms with van der Waals surface area (Å²) in [5, 5.41) is 23.1. The van der Waals surface area contributed by atoms with Gasteiger partial charge in [-0.15, -0.1) is 21.6 Å². The lowest BCUT2D eigenvalue weighted by atomic mass is 10.2. The molecule has 0 amide bonds. The number of nitrogens with one attached hydrogen (secondary N) is 1. The number of aromatic amines is 1. The third kappa shape index (κ3) is 3.80. The van der Waals surface area contributed by atoms with Crippen LogP contribution in [-0.2, 0) is 0 Å². The molecule has 8 nitrogen and oxygen atoms in total. The number of thiazole rings is 1. The molecule has 2 heterocycles. The minimum absolute atomic E-state index is 0.00212. The van der Waals surface area contributed by atoms with Crippen LogP contribution in [-0.4, -0.2) is 25.8 Å². The molecule has 0 unspecified atom stereocenters. The second kappa shape index (κ2) is 8.05. The largest absolute Gasteiger partial charge is 0.478 e. The summed E-state index contributed by atoms with van der Waals surface area (Å²) >= 11 is 7.22. The van der Waals surface area contributed by atoms with Crippen molar-refractivity contribution in [2.75, 3.05) is 0 Å². The summed E-state index contributed by atoms with van der Waals surface area (Å²) in [5.41, 5.74) is 1.89. The SMILES string of the molecule is Cc1[nH]n(-c2nc(-c3ccc(Cl)cc3)cs2)c(=O)c1N=Nc1ccccc1C(=O)O. The number of azo groups is 1. The molecule has 4 aromatic rings. The van der Waals surface area contributed by atoms with E-state index in [1.807, 2.05) is 17.5 Å². The Hall–Kier alpha value is -3.56. The Labute approximate surface area is 179 Å². The molecule has 10 heteroatoms. The Morgan fingerprint density at radius 1 is 1.17 bits per heavy atom. The average molecular weight is 440 g/mol. The molecule has 0 spiro atoms. The van der Waals surface area contributed by atoms with Gasteiger partial charge in [-0.05, 0) is 31.2 Å². The number of carboxylic acids is 1. The summed E-state index contributed by atoms with van der Waals surface area (Å²) in [7, 11) is 0. The minimum atomic E-state index is -1.12. The fourth-order valence-electron chi connectivity index (χ4n) is 2.76. The fraction of sp³-hybridized carbons (Fsp3) is 0.0500. The second-order valence-corrected chi connectivity index (χ2v) is 7.54. The van der Waals surface area contributed by atoms with Gasteiger partial charge in [-0.3, -0.25) is 9.89 Å². The highest BCUT2D eigenvalue weighted by Crippen LogP contribution is 2.26. The molecule has 0 aliphatic heterocycles. The number of rotatable bonds is 5. The highest BCUT2D eigenvalue weighted by atomic mass is 35.5. The van der Waals surface area contributed by atoms with Crippen LogP contribution in [0.15, 0.2) is 68.9 Å². The summed E-state index contributed by atoms with van der Waals surface area (Å²) in [6, 6.07) is 13.4. The van der Waals surface area contributed by atoms with Crippen molar-refractivity contribution < 1.29 is 9.90 Å². The van der Waals surface area contributed by atoms with E-state index in [1.54, 1.807) is 31.2 Å². The number of hydrogen-bond acceptors (Lipinski definition) is 6. The smallest absolute Gasteiger partial charge is 0.337 e. The van der Waals surface area contributed by atoms with Gasteiger partial charge in [0.05, 0.1) is 17.0 Å². The Morgan fingerprint density at radius 3 is 2.63 bits per heavy atom. The van der Waals surface area contributed by atoms with Crippen LogP contribution in [0.25, 0.3) is 16.4 Å². The molecule has 2 aromatic carbocycles. The maximum Gasteiger partial charge on any atom is 0.337 e. The number of aryl methyl sites for hydroxylation is 1. The van der Waals surface area contributed by atoms with E-state index in [2.05, 4.69) is 20.3 Å². The zero-order chi connectivity index (χ0) is 21.3. The van der Waals surface area contributed by atoms with Crippen LogP contribution < -0.4 is 5.56 Å². The van der Waals surface area contributed by atoms with Crippen molar-refractivity contribution >= 4 is 40.3 Å². The fourth-order valence-corrected chi connectivity index (χ4v) is 3.67. The van der Waals surface area contributed by atoms with Crippen LogP contribution in [0, 0.1) is 6.92 Å². The monoisotopic (exact) mass is 439 g/mol. The summed E-state index contributed by atoms with van der Waals surface area (Å²) in [6.45, 7) is 1.68. The molecule has 0 atom stereocenters. The third-order valence-corrected chi connectivity index (χ3v) is 5.33. The van der Waals surface area contributed by atoms with Gasteiger partial charge in [-0.25, -0.2) is 9.78 Å². The highest BCUT2D eigenvalue weighted by molar-refractivity contribution is 7.12. The lowest BCUT2D eigenvalue weighted by Gasteiger charge is -1.97. The molecule has 0 saturated heterocycles. The van der Waals surface area contributed by atoms with Gasteiger partial charge in [0.1, 0.15) is 5.69 Å². The maximum atomic E-state index is 12.8. The third-order valence-electron chi connectivity index (χ3n) is 4.26. The van der Waals surface area contributed by atoms with Gasteiger partial charge >= 0.3 is 11.5 Å². The van der Waals surface area contributed by atoms with Gasteiger partial charge in [0.15, 0.2) is 5.69 Å². The first-order valence-electron chi connectivity index (χ1n) is 8.71. The lowest BCUT2D eigenvalue weighted by Crippen LogP contribution is -2.13. The molecule has 0 aliphatic carbocycles. The minimum Gasteiger partial charge on any atom is -0.478 e. The van der Waals surface area contributed by atoms with Crippen LogP contribution >= 0.6 is 22.9 Å². The molecule has 2 aromatic heterocycles. The number of benzene rings is 2. The molecule has 150 valence electrons. The van der Waals surface area contributed by atoms with E-state index in [0.717, 1.165) is 5.56 Å². The van der Waals surface area contributed by atoms with Crippen LogP contribution in [0.3, 0.4) is 0 Å². The van der Waals surface area contributed by atoms with Gasteiger partial charge < -0.3 is 5.11 Å². The molecule has 0 aliphatic rings. The van der Waals surface area contributed by atoms with Crippen LogP contribution in [0.1, 0.15) is 16.1 Å². The first-order chi connectivity index (χ1) is 14.4. The topological polar surface area (TPSA) is 113 Å². The number of carbonyl (C=O) groups is 1. The zero-order valence-corrected chi connectivity index (χ0v) is 17.1. The van der Waals surface area contributed by atoms with Crippen molar-refractivity contribution in [3.63, 3.8) is 0 Å². The normalized spacial score (nSPS) is 11.3. The van der Waals surface area contributed by atoms with Crippen molar-refractivity contribution in [3.8, 4) is 16.4 Å². The van der Waals surface area contributed by atoms with E-state index in [1.165, 1.54) is 28.2 Å². The molecule has 0 saturated carbocycles. The predicted molar refractivity (Wildman–Crippen MR) is 115 cm³/mol. The van der Waals surface area contributed by atoms with E-state index in [4.69, 9.17) is 11.6 Å². The van der Waals surface area contributed by atoms with Crippen LogP contribution in [0.5, 0.6) is 0 Å². The van der Waals surface area contributed by atoms with Crippen LogP contribution in [0.4, 0.5) is 11.4 Å². The molecule has 30 heavy (non-hydrogen) atoms. The molecule has 0 radical (unpaired) electrons. The van der Waals surface area contributed by atoms with Gasteiger partial charge in [0.2, 0.25) is 5.13 Å². The standard InChI is InChI=1S/C20H14ClN5O3S/c1-11-17(24-23-15-5-3-2-4-14(15)19(28)29)18(27)26(25-11)20-22-16(10-30-20)12-6-8-13(21)9-7-12/h2-10,25H,1H3,(H,28,29). The average Bonchev–Trinajstić information content (AvgIpc) is 3.32. The van der Waals surface area contributed by atoms with Crippen molar-refractivity contribution in [3.05, 3.63) is 80.5 Å². The van der Waals surface area contributed by atoms with E-state index in [-0.39, 0.29) is 16.9 Å².